The Morgan fingerprint density at radius 3 is 1.83 bits per heavy atom. The Morgan fingerprint density at radius 1 is 0.550 bits per heavy atom. The summed E-state index contributed by atoms with van der Waals surface area (Å²) in [6, 6.07) is 62.7. The normalized spacial score (nSPS) is 11.5. The topological polar surface area (TPSA) is 49.2 Å². The Kier molecular flexibility index (Phi) is 12.4. The molecule has 0 saturated heterocycles. The fraction of sp³-hybridized carbons (Fsp3) is 0.164. The average molecular weight is 964 g/mol. The molecule has 0 saturated carbocycles. The molecule has 0 aliphatic heterocycles. The van der Waals surface area contributed by atoms with Gasteiger partial charge in [-0.2, -0.15) is 0 Å². The molecular formula is C55H50N3OPt-. The molecule has 0 radical (unpaired) electrons. The Hall–Kier alpha value is -6.09. The van der Waals surface area contributed by atoms with Gasteiger partial charge in [-0.25, -0.2) is 4.98 Å². The van der Waals surface area contributed by atoms with Crippen molar-refractivity contribution in [3.8, 4) is 50.5 Å². The first kappa shape index (κ1) is 42.0. The van der Waals surface area contributed by atoms with Crippen LogP contribution in [-0.4, -0.2) is 15.1 Å². The fourth-order valence-corrected chi connectivity index (χ4v) is 7.51. The van der Waals surface area contributed by atoms with Gasteiger partial charge in [-0.05, 0) is 104 Å². The third-order valence-corrected chi connectivity index (χ3v) is 10.8. The minimum absolute atomic E-state index is 0. The summed E-state index contributed by atoms with van der Waals surface area (Å²) in [4.78, 5) is 12.4. The molecule has 0 fully saturated rings. The summed E-state index contributed by atoms with van der Waals surface area (Å²) in [6.07, 6.45) is 2.77. The van der Waals surface area contributed by atoms with Crippen molar-refractivity contribution in [2.24, 2.45) is 0 Å². The van der Waals surface area contributed by atoms with E-state index in [9.17, 15) is 5.11 Å². The minimum Gasteiger partial charge on any atom is -0.507 e. The van der Waals surface area contributed by atoms with Crippen LogP contribution in [-0.2, 0) is 38.3 Å². The molecule has 0 unspecified atom stereocenters. The zero-order chi connectivity index (χ0) is 41.1. The van der Waals surface area contributed by atoms with Gasteiger partial charge in [0.1, 0.15) is 11.6 Å². The van der Waals surface area contributed by atoms with Gasteiger partial charge < -0.3 is 10.0 Å². The van der Waals surface area contributed by atoms with Gasteiger partial charge >= 0.3 is 0 Å². The number of rotatable bonds is 9. The third kappa shape index (κ3) is 9.36. The van der Waals surface area contributed by atoms with Crippen LogP contribution in [0.4, 0.5) is 17.2 Å². The van der Waals surface area contributed by atoms with E-state index < -0.39 is 0 Å². The number of para-hydroxylation sites is 1. The van der Waals surface area contributed by atoms with Crippen molar-refractivity contribution in [3.05, 3.63) is 204 Å². The molecule has 2 aromatic heterocycles. The summed E-state index contributed by atoms with van der Waals surface area (Å²) in [5.74, 6) is 1.04. The van der Waals surface area contributed by atoms with Crippen LogP contribution in [0.15, 0.2) is 176 Å². The second-order valence-corrected chi connectivity index (χ2v) is 17.3. The maximum absolute atomic E-state index is 12.0. The van der Waals surface area contributed by atoms with Gasteiger partial charge in [0.25, 0.3) is 0 Å². The first-order valence-corrected chi connectivity index (χ1v) is 20.3. The summed E-state index contributed by atoms with van der Waals surface area (Å²) in [5.41, 5.74) is 13.3. The van der Waals surface area contributed by atoms with Crippen LogP contribution in [0, 0.1) is 6.07 Å². The quantitative estimate of drug-likeness (QED) is 0.146. The second kappa shape index (κ2) is 17.6. The Labute approximate surface area is 369 Å². The van der Waals surface area contributed by atoms with E-state index in [0.717, 1.165) is 73.8 Å². The summed E-state index contributed by atoms with van der Waals surface area (Å²) in [7, 11) is 0. The molecule has 0 aliphatic rings. The first-order chi connectivity index (χ1) is 28.4. The van der Waals surface area contributed by atoms with Gasteiger partial charge in [0, 0.05) is 44.1 Å². The van der Waals surface area contributed by atoms with Crippen molar-refractivity contribution in [1.82, 2.24) is 9.97 Å². The van der Waals surface area contributed by atoms with Crippen LogP contribution in [0.2, 0.25) is 0 Å². The molecular weight excluding hydrogens is 914 g/mol. The molecule has 302 valence electrons. The number of benzene rings is 6. The van der Waals surface area contributed by atoms with Crippen molar-refractivity contribution in [2.45, 2.75) is 58.8 Å². The molecule has 60 heavy (non-hydrogen) atoms. The maximum atomic E-state index is 12.0. The molecule has 0 bridgehead atoms. The van der Waals surface area contributed by atoms with Gasteiger partial charge in [-0.3, -0.25) is 4.98 Å². The van der Waals surface area contributed by atoms with Gasteiger partial charge in [-0.15, -0.1) is 29.8 Å². The van der Waals surface area contributed by atoms with Crippen LogP contribution in [0.25, 0.3) is 44.8 Å². The zero-order valence-corrected chi connectivity index (χ0v) is 37.3. The Morgan fingerprint density at radius 2 is 1.17 bits per heavy atom. The molecule has 0 amide bonds. The predicted molar refractivity (Wildman–Crippen MR) is 246 cm³/mol. The van der Waals surface area contributed by atoms with E-state index in [1.165, 1.54) is 11.1 Å². The third-order valence-electron chi connectivity index (χ3n) is 10.8. The molecule has 6 aromatic carbocycles. The number of hydrogen-bond acceptors (Lipinski definition) is 4. The summed E-state index contributed by atoms with van der Waals surface area (Å²) in [5, 5.41) is 12.0. The number of aromatic nitrogens is 2. The number of phenols is 1. The fourth-order valence-electron chi connectivity index (χ4n) is 7.51. The number of anilines is 3. The van der Waals surface area contributed by atoms with E-state index in [2.05, 4.69) is 198 Å². The molecule has 1 N–H and O–H groups in total. The maximum Gasteiger partial charge on any atom is 0.136 e. The molecule has 8 aromatic rings. The van der Waals surface area contributed by atoms with Crippen molar-refractivity contribution in [1.29, 1.82) is 0 Å². The number of pyridine rings is 2. The van der Waals surface area contributed by atoms with Gasteiger partial charge in [0.05, 0.1) is 5.69 Å². The molecule has 0 spiro atoms. The minimum atomic E-state index is -0.278. The molecule has 5 heteroatoms. The zero-order valence-electron chi connectivity index (χ0n) is 35.1. The summed E-state index contributed by atoms with van der Waals surface area (Å²) < 4.78 is 0. The van der Waals surface area contributed by atoms with Crippen molar-refractivity contribution < 1.29 is 26.2 Å². The van der Waals surface area contributed by atoms with E-state index >= 15 is 0 Å². The van der Waals surface area contributed by atoms with Gasteiger partial charge in [0.2, 0.25) is 0 Å². The van der Waals surface area contributed by atoms with Crippen LogP contribution >= 0.6 is 0 Å². The summed E-state index contributed by atoms with van der Waals surface area (Å²) >= 11 is 0. The number of aromatic hydroxyl groups is 1. The van der Waals surface area contributed by atoms with E-state index in [0.29, 0.717) is 5.69 Å². The number of nitrogens with zero attached hydrogens (tertiary/aromatic N) is 3. The van der Waals surface area contributed by atoms with E-state index in [1.807, 2.05) is 30.5 Å². The van der Waals surface area contributed by atoms with Crippen molar-refractivity contribution in [3.63, 3.8) is 0 Å². The predicted octanol–water partition coefficient (Wildman–Crippen LogP) is 14.3. The Balaban J connectivity index is 0.00000544. The molecule has 0 atom stereocenters. The van der Waals surface area contributed by atoms with Crippen LogP contribution in [0.5, 0.6) is 5.75 Å². The SMILES string of the molecule is CC(C)(C)c1cc(-c2cc(-c3ccccc3)cc(-c3[c-]c(N(c4ccccc4)c4cc(-c5ccc(Cc6ccccc6)cc5)ccn4)ccc3)n2)c(O)c(C(C)(C)C)c1.[Pt]. The molecule has 0 aliphatic carbocycles. The molecule has 4 nitrogen and oxygen atoms in total. The van der Waals surface area contributed by atoms with Crippen LogP contribution in [0.1, 0.15) is 63.8 Å². The van der Waals surface area contributed by atoms with Crippen LogP contribution < -0.4 is 4.90 Å². The Bertz CT molecular complexity index is 2700. The van der Waals surface area contributed by atoms with Crippen molar-refractivity contribution in [2.75, 3.05) is 4.90 Å². The van der Waals surface area contributed by atoms with Crippen molar-refractivity contribution >= 4 is 17.2 Å². The first-order valence-electron chi connectivity index (χ1n) is 20.3. The second-order valence-electron chi connectivity index (χ2n) is 17.3. The smallest absolute Gasteiger partial charge is 0.136 e. The molecule has 2 heterocycles. The standard InChI is InChI=1S/C55H50N3O.Pt/c1-54(2,3)45-36-48(53(59)49(37-45)55(4,5)6)51-34-44(40-19-12-8-13-20-40)33-50(57-51)43-21-16-24-47(32-43)58(46-22-14-9-15-23-46)52-35-42(29-30-56-52)41-27-25-39(26-28-41)31-38-17-10-7-11-18-38;/h7-30,33-37,59H,31H2,1-6H3;/q-1;. The largest absolute Gasteiger partial charge is 0.507 e. The molecule has 8 rings (SSSR count). The summed E-state index contributed by atoms with van der Waals surface area (Å²) in [6.45, 7) is 13.1. The monoisotopic (exact) mass is 963 g/mol. The van der Waals surface area contributed by atoms with E-state index in [-0.39, 0.29) is 37.6 Å². The van der Waals surface area contributed by atoms with Crippen LogP contribution in [0.3, 0.4) is 0 Å². The van der Waals surface area contributed by atoms with E-state index in [4.69, 9.17) is 9.97 Å². The average Bonchev–Trinajstić information content (AvgIpc) is 3.24. The van der Waals surface area contributed by atoms with Gasteiger partial charge in [-0.1, -0.05) is 157 Å². The van der Waals surface area contributed by atoms with Gasteiger partial charge in [0.15, 0.2) is 0 Å². The van der Waals surface area contributed by atoms with E-state index in [1.54, 1.807) is 0 Å². The number of phenolic OH excluding ortho intramolecular Hbond substituents is 1. The number of hydrogen-bond donors (Lipinski definition) is 1.